The molecule has 0 atom stereocenters. The number of carboxylic acid groups (broad SMARTS) is 8. The molecule has 0 aliphatic rings. The highest BCUT2D eigenvalue weighted by Crippen LogP contribution is 2.29. The van der Waals surface area contributed by atoms with E-state index in [1.165, 1.54) is 48.5 Å². The SMILES string of the molecule is Cc1ccc(COC(=O)c2cc(C(=O)O)c(C(=O)OCc3ccc(C)cc3)cc2C(=O)O)cc1.O=C(O)c1cc(C(=O)OCc2ccc(CO)cc2)c(C(=O)O)cc1C(=O)OCc1ccc(CO)cc1.O=C(O)c1cc(C(=O)OCc2ccc(O)cc2)c(C(=O)O)cc1C(=O)OCc1ccc(O)cc1.O=C(O)c1cc(C(=O)OCc2ccccc2)c(C(=O)O)cc1C(=O)OCc1ccccc1. The average molecular weight is 1860 g/mol. The summed E-state index contributed by atoms with van der Waals surface area (Å²) in [4.78, 5) is 195. The van der Waals surface area contributed by atoms with Crippen LogP contribution in [0.25, 0.3) is 0 Å². The van der Waals surface area contributed by atoms with Crippen LogP contribution in [-0.4, -0.2) is 157 Å². The summed E-state index contributed by atoms with van der Waals surface area (Å²) in [6.45, 7) is 1.93. The van der Waals surface area contributed by atoms with Crippen molar-refractivity contribution in [3.8, 4) is 11.5 Å². The van der Waals surface area contributed by atoms with Crippen LogP contribution >= 0.6 is 0 Å². The predicted molar refractivity (Wildman–Crippen MR) is 471 cm³/mol. The van der Waals surface area contributed by atoms with Crippen molar-refractivity contribution in [2.45, 2.75) is 79.9 Å². The molecule has 0 aromatic heterocycles. The average Bonchev–Trinajstić information content (AvgIpc) is 0.801. The van der Waals surface area contributed by atoms with Gasteiger partial charge in [0.1, 0.15) is 64.4 Å². The number of hydrogen-bond donors (Lipinski definition) is 12. The minimum Gasteiger partial charge on any atom is -0.508 e. The lowest BCUT2D eigenvalue weighted by Gasteiger charge is -2.12. The summed E-state index contributed by atoms with van der Waals surface area (Å²) in [5.74, 6) is -20.9. The highest BCUT2D eigenvalue weighted by molar-refractivity contribution is 6.14. The van der Waals surface area contributed by atoms with Crippen LogP contribution in [0.15, 0.2) is 255 Å². The van der Waals surface area contributed by atoms with E-state index < -0.39 is 185 Å². The quantitative estimate of drug-likeness (QED) is 0.0132. The molecule has 12 aromatic rings. The van der Waals surface area contributed by atoms with Crippen molar-refractivity contribution in [1.82, 2.24) is 0 Å². The van der Waals surface area contributed by atoms with Gasteiger partial charge in [0.05, 0.1) is 102 Å². The summed E-state index contributed by atoms with van der Waals surface area (Å²) in [6, 6.07) is 62.3. The smallest absolute Gasteiger partial charge is 0.339 e. The minimum absolute atomic E-state index is 0.00206. The van der Waals surface area contributed by atoms with Gasteiger partial charge in [-0.05, 0) is 142 Å². The van der Waals surface area contributed by atoms with Crippen LogP contribution in [0.4, 0.5) is 0 Å². The molecule has 0 aliphatic heterocycles. The largest absolute Gasteiger partial charge is 0.508 e. The standard InChI is InChI=1S/C26H22O10.C26H22O8.C24H18O10.C24H18O8/c27-11-15-1-5-17(6-2-15)13-35-25(33)21-9-20(24(31)32)22(10-19(21)23(29)30)26(34)36-14-18-7-3-16(12-28)4-8-18;1-15-3-7-17(8-4-15)13-33-25(31)21-11-20(24(29)30)22(12-19(21)23(27)28)26(32)34-14-18-9-5-16(2)6-10-18;25-15-5-1-13(2-6-15)11-33-23(31)19-9-18(22(29)30)20(10-17(19)21(27)28)24(32)34-12-14-3-7-16(26)8-4-14;25-21(26)17-12-20(24(30)32-14-16-9-5-2-6-10-16)18(22(27)28)11-19(17)23(29)31-13-15-7-3-1-4-8-15/h1-10,27-28H,11-14H2,(H,29,30)(H,31,32);3-12H,13-14H2,1-2H3,(H,27,28)(H,29,30);1-10,25-26H,11-12H2,(H,27,28)(H,29,30);1-12H,13-14H2,(H,25,26)(H,27,28). The summed E-state index contributed by atoms with van der Waals surface area (Å²) in [7, 11) is 0. The lowest BCUT2D eigenvalue weighted by molar-refractivity contribution is 0.0449. The number of phenolic OH excluding ortho intramolecular Hbond substituents is 2. The van der Waals surface area contributed by atoms with Crippen molar-refractivity contribution in [3.05, 3.63) is 411 Å². The minimum atomic E-state index is -1.58. The number of aryl methyl sites for hydroxylation is 2. The zero-order chi connectivity index (χ0) is 99.0. The van der Waals surface area contributed by atoms with Gasteiger partial charge in [-0.2, -0.15) is 0 Å². The number of aliphatic hydroxyl groups excluding tert-OH is 2. The van der Waals surface area contributed by atoms with E-state index in [1.54, 1.807) is 133 Å². The number of aliphatic hydroxyl groups is 2. The Morgan fingerprint density at radius 2 is 0.316 bits per heavy atom. The van der Waals surface area contributed by atoms with E-state index >= 15 is 0 Å². The number of carbonyl (C=O) groups is 16. The van der Waals surface area contributed by atoms with E-state index in [2.05, 4.69) is 0 Å². The molecule has 0 saturated carbocycles. The topological polar surface area (TPSA) is 590 Å². The third kappa shape index (κ3) is 28.8. The Morgan fingerprint density at radius 3 is 0.463 bits per heavy atom. The van der Waals surface area contributed by atoms with Crippen molar-refractivity contribution in [2.75, 3.05) is 0 Å². The summed E-state index contributed by atoms with van der Waals surface area (Å²) in [6.07, 6.45) is 0. The van der Waals surface area contributed by atoms with Crippen molar-refractivity contribution in [2.24, 2.45) is 0 Å². The maximum absolute atomic E-state index is 12.6. The van der Waals surface area contributed by atoms with E-state index in [-0.39, 0.29) is 77.6 Å². The fraction of sp³-hybridized carbons (Fsp3) is 0.120. The number of ether oxygens (including phenoxy) is 8. The molecule has 12 N–H and O–H groups in total. The molecular weight excluding hydrogens is 1780 g/mol. The number of carbonyl (C=O) groups excluding carboxylic acids is 8. The maximum atomic E-state index is 12.6. The van der Waals surface area contributed by atoms with Gasteiger partial charge < -0.3 is 99.2 Å². The Labute approximate surface area is 769 Å². The molecule has 0 aliphatic carbocycles. The van der Waals surface area contributed by atoms with E-state index in [1.807, 2.05) is 38.1 Å². The highest BCUT2D eigenvalue weighted by Gasteiger charge is 2.33. The second-order valence-corrected chi connectivity index (χ2v) is 29.0. The first-order chi connectivity index (χ1) is 64.9. The monoisotopic (exact) mass is 1860 g/mol. The molecule has 0 radical (unpaired) electrons. The van der Waals surface area contributed by atoms with Gasteiger partial charge in [-0.25, -0.2) is 76.7 Å². The molecule has 0 heterocycles. The van der Waals surface area contributed by atoms with Gasteiger partial charge >= 0.3 is 95.5 Å². The van der Waals surface area contributed by atoms with E-state index in [4.69, 9.17) is 48.1 Å². The molecule has 0 unspecified atom stereocenters. The lowest BCUT2D eigenvalue weighted by atomic mass is 9.98. The number of rotatable bonds is 34. The first kappa shape index (κ1) is 101. The van der Waals surface area contributed by atoms with Crippen molar-refractivity contribution >= 4 is 95.5 Å². The first-order valence-electron chi connectivity index (χ1n) is 40.0. The number of aromatic carboxylic acids is 8. The molecule has 12 rings (SSSR count). The second-order valence-electron chi connectivity index (χ2n) is 29.0. The number of hydrogen-bond acceptors (Lipinski definition) is 28. The first-order valence-corrected chi connectivity index (χ1v) is 40.0. The molecule has 36 nitrogen and oxygen atoms in total. The number of esters is 8. The maximum Gasteiger partial charge on any atom is 0.339 e. The van der Waals surface area contributed by atoms with Gasteiger partial charge in [0.2, 0.25) is 0 Å². The molecule has 136 heavy (non-hydrogen) atoms. The Kier molecular flexibility index (Phi) is 36.1. The van der Waals surface area contributed by atoms with Crippen LogP contribution in [0.1, 0.15) is 232 Å². The molecule has 0 amide bonds. The number of phenols is 2. The van der Waals surface area contributed by atoms with Crippen molar-refractivity contribution < 1.29 is 176 Å². The molecule has 0 spiro atoms. The second kappa shape index (κ2) is 48.4. The fourth-order valence-corrected chi connectivity index (χ4v) is 12.2. The lowest BCUT2D eigenvalue weighted by Crippen LogP contribution is -2.18. The van der Waals surface area contributed by atoms with Crippen LogP contribution in [0.2, 0.25) is 0 Å². The van der Waals surface area contributed by atoms with Crippen LogP contribution < -0.4 is 0 Å². The van der Waals surface area contributed by atoms with Crippen LogP contribution in [0.3, 0.4) is 0 Å². The Balaban J connectivity index is 0.000000203. The summed E-state index contributed by atoms with van der Waals surface area (Å²) in [5.41, 5.74) is -0.819. The van der Waals surface area contributed by atoms with Gasteiger partial charge in [0.25, 0.3) is 0 Å². The molecule has 0 fully saturated rings. The van der Waals surface area contributed by atoms with E-state index in [0.717, 1.165) is 59.7 Å². The summed E-state index contributed by atoms with van der Waals surface area (Å²) < 4.78 is 41.1. The Bertz CT molecular complexity index is 5900. The number of aromatic hydroxyl groups is 2. The zero-order valence-corrected chi connectivity index (χ0v) is 71.5. The van der Waals surface area contributed by atoms with Crippen molar-refractivity contribution in [3.63, 3.8) is 0 Å². The molecular formula is C100H80O36. The van der Waals surface area contributed by atoms with Crippen LogP contribution in [-0.2, 0) is 104 Å². The van der Waals surface area contributed by atoms with E-state index in [0.29, 0.717) is 55.6 Å². The third-order valence-corrected chi connectivity index (χ3v) is 19.4. The molecule has 0 bridgehead atoms. The summed E-state index contributed by atoms with van der Waals surface area (Å²) >= 11 is 0. The molecule has 0 saturated heterocycles. The van der Waals surface area contributed by atoms with Crippen LogP contribution in [0.5, 0.6) is 11.5 Å². The Morgan fingerprint density at radius 1 is 0.184 bits per heavy atom. The molecule has 36 heteroatoms. The van der Waals surface area contributed by atoms with Gasteiger partial charge in [-0.1, -0.05) is 193 Å². The summed E-state index contributed by atoms with van der Waals surface area (Å²) in [5, 5.41) is 113. The van der Waals surface area contributed by atoms with Gasteiger partial charge in [0.15, 0.2) is 0 Å². The van der Waals surface area contributed by atoms with Gasteiger partial charge in [-0.3, -0.25) is 0 Å². The van der Waals surface area contributed by atoms with Gasteiger partial charge in [0, 0.05) is 0 Å². The fourth-order valence-electron chi connectivity index (χ4n) is 12.2. The van der Waals surface area contributed by atoms with E-state index in [9.17, 15) is 128 Å². The Hall–Kier alpha value is -18.3. The van der Waals surface area contributed by atoms with Gasteiger partial charge in [-0.15, -0.1) is 0 Å². The third-order valence-electron chi connectivity index (χ3n) is 19.4. The predicted octanol–water partition coefficient (Wildman–Crippen LogP) is 14.2. The normalized spacial score (nSPS) is 10.4. The number of carboxylic acids is 8. The molecule has 696 valence electrons. The highest BCUT2D eigenvalue weighted by atomic mass is 16.6. The van der Waals surface area contributed by atoms with Crippen LogP contribution in [0, 0.1) is 13.8 Å². The molecule has 12 aromatic carbocycles. The number of benzene rings is 12. The zero-order valence-electron chi connectivity index (χ0n) is 71.5. The van der Waals surface area contributed by atoms with Crippen molar-refractivity contribution in [1.29, 1.82) is 0 Å².